The third-order valence-electron chi connectivity index (χ3n) is 9.02. The van der Waals surface area contributed by atoms with Crippen molar-refractivity contribution < 1.29 is 32.6 Å². The Hall–Kier alpha value is -5.37. The molecule has 0 spiro atoms. The third kappa shape index (κ3) is 8.87. The number of morpholine rings is 1. The van der Waals surface area contributed by atoms with Gasteiger partial charge in [0.05, 0.1) is 49.1 Å². The smallest absolute Gasteiger partial charge is 0.407 e. The number of pyridine rings is 2. The highest BCUT2D eigenvalue weighted by Gasteiger charge is 2.30. The van der Waals surface area contributed by atoms with Crippen LogP contribution in [0.5, 0.6) is 0 Å². The molecule has 2 amide bonds. The summed E-state index contributed by atoms with van der Waals surface area (Å²) in [5.41, 5.74) is 8.56. The molecular formula is C38H37F3N6O4. The molecule has 2 aromatic heterocycles. The van der Waals surface area contributed by atoms with Gasteiger partial charge < -0.3 is 31.1 Å². The summed E-state index contributed by atoms with van der Waals surface area (Å²) in [5, 5.41) is 17.9. The van der Waals surface area contributed by atoms with Gasteiger partial charge in [-0.2, -0.15) is 0 Å². The molecule has 1 aliphatic heterocycles. The zero-order valence-corrected chi connectivity index (χ0v) is 27.5. The van der Waals surface area contributed by atoms with Crippen molar-refractivity contribution in [2.24, 2.45) is 5.73 Å². The predicted octanol–water partition coefficient (Wildman–Crippen LogP) is 5.61. The highest BCUT2D eigenvalue weighted by Crippen LogP contribution is 2.30. The average Bonchev–Trinajstić information content (AvgIpc) is 3.13. The van der Waals surface area contributed by atoms with Crippen molar-refractivity contribution in [1.29, 1.82) is 0 Å². The van der Waals surface area contributed by atoms with E-state index in [0.717, 1.165) is 17.0 Å². The van der Waals surface area contributed by atoms with Gasteiger partial charge in [-0.05, 0) is 59.7 Å². The molecule has 1 aliphatic rings. The maximum Gasteiger partial charge on any atom is 0.407 e. The molecule has 3 heterocycles. The number of anilines is 1. The molecule has 264 valence electrons. The lowest BCUT2D eigenvalue weighted by Gasteiger charge is -2.33. The fraction of sp³-hybridized carbons (Fsp3) is 0.263. The van der Waals surface area contributed by atoms with E-state index >= 15 is 4.39 Å². The van der Waals surface area contributed by atoms with E-state index < -0.39 is 41.4 Å². The van der Waals surface area contributed by atoms with Crippen LogP contribution in [-0.2, 0) is 22.5 Å². The largest absolute Gasteiger partial charge is 0.465 e. The van der Waals surface area contributed by atoms with Crippen LogP contribution in [0.2, 0.25) is 0 Å². The summed E-state index contributed by atoms with van der Waals surface area (Å²) in [6.45, 7) is 0.951. The molecular weight excluding hydrogens is 661 g/mol. The number of benzene rings is 3. The fourth-order valence-electron chi connectivity index (χ4n) is 6.30. The van der Waals surface area contributed by atoms with Gasteiger partial charge >= 0.3 is 6.09 Å². The topological polar surface area (TPSA) is 143 Å². The maximum atomic E-state index is 15.1. The van der Waals surface area contributed by atoms with Gasteiger partial charge in [-0.15, -0.1) is 0 Å². The number of carbonyl (C=O) groups excluding carboxylic acids is 1. The lowest BCUT2D eigenvalue weighted by Crippen LogP contribution is -2.52. The minimum atomic E-state index is -1.21. The lowest BCUT2D eigenvalue weighted by molar-refractivity contribution is -0.117. The van der Waals surface area contributed by atoms with Crippen molar-refractivity contribution in [2.75, 3.05) is 25.0 Å². The van der Waals surface area contributed by atoms with E-state index in [1.807, 2.05) is 30.3 Å². The number of nitrogens with zero attached hydrogens (tertiary/aromatic N) is 3. The first kappa shape index (κ1) is 35.5. The first-order valence-corrected chi connectivity index (χ1v) is 16.5. The number of rotatable bonds is 12. The fourth-order valence-corrected chi connectivity index (χ4v) is 6.30. The number of hydrogen-bond donors (Lipinski definition) is 4. The van der Waals surface area contributed by atoms with E-state index in [4.69, 9.17) is 10.5 Å². The molecule has 3 atom stereocenters. The first-order valence-electron chi connectivity index (χ1n) is 16.5. The van der Waals surface area contributed by atoms with Crippen LogP contribution in [0.15, 0.2) is 97.5 Å². The Kier molecular flexibility index (Phi) is 11.2. The van der Waals surface area contributed by atoms with Gasteiger partial charge in [-0.1, -0.05) is 48.5 Å². The van der Waals surface area contributed by atoms with Gasteiger partial charge in [-0.3, -0.25) is 14.8 Å². The van der Waals surface area contributed by atoms with Crippen molar-refractivity contribution >= 4 is 28.5 Å². The van der Waals surface area contributed by atoms with Crippen LogP contribution in [0, 0.1) is 17.5 Å². The van der Waals surface area contributed by atoms with Gasteiger partial charge in [0.15, 0.2) is 0 Å². The van der Waals surface area contributed by atoms with E-state index in [2.05, 4.69) is 20.6 Å². The Morgan fingerprint density at radius 1 is 0.961 bits per heavy atom. The summed E-state index contributed by atoms with van der Waals surface area (Å²) >= 11 is 0. The molecule has 51 heavy (non-hydrogen) atoms. The van der Waals surface area contributed by atoms with Crippen LogP contribution in [0.1, 0.15) is 34.7 Å². The summed E-state index contributed by atoms with van der Waals surface area (Å²) < 4.78 is 48.6. The van der Waals surface area contributed by atoms with Gasteiger partial charge in [0, 0.05) is 42.2 Å². The van der Waals surface area contributed by atoms with Gasteiger partial charge in [0.1, 0.15) is 17.5 Å². The number of amides is 2. The van der Waals surface area contributed by atoms with E-state index in [-0.39, 0.29) is 49.5 Å². The van der Waals surface area contributed by atoms with Crippen molar-refractivity contribution in [3.63, 3.8) is 0 Å². The number of carboxylic acid groups (broad SMARTS) is 1. The second-order valence-corrected chi connectivity index (χ2v) is 12.5. The molecule has 5 N–H and O–H groups in total. The minimum absolute atomic E-state index is 0.121. The van der Waals surface area contributed by atoms with Gasteiger partial charge in [0.25, 0.3) is 0 Å². The molecule has 13 heteroatoms. The summed E-state index contributed by atoms with van der Waals surface area (Å²) in [4.78, 5) is 35.2. The number of aromatic nitrogens is 2. The van der Waals surface area contributed by atoms with E-state index in [9.17, 15) is 23.5 Å². The van der Waals surface area contributed by atoms with Crippen LogP contribution in [0.4, 0.5) is 23.7 Å². The Bertz CT molecular complexity index is 1930. The van der Waals surface area contributed by atoms with Crippen LogP contribution in [0.25, 0.3) is 10.8 Å². The van der Waals surface area contributed by atoms with Crippen LogP contribution in [-0.4, -0.2) is 69.9 Å². The molecule has 5 aromatic rings. The molecule has 10 nitrogen and oxygen atoms in total. The standard InChI is InChI=1S/C38H37F3N6O4/c39-27-9-5-23(6-10-27)35(24-7-11-28(40)12-8-24)36(42)37(48)46-34-19-43-18-33(41)32(34)14-13-31-17-45-30(22-51-31)21-47(38(49)50)20-29-15-25-3-1-2-4-26(25)16-44-29/h1-12,15-16,18-19,30-31,35-36,45H,13-14,17,20-22,42H2,(H,46,48)(H,49,50)/t30-,31+,36-/m0/s1. The number of fused-ring (bicyclic) bond motifs is 1. The first-order chi connectivity index (χ1) is 24.6. The SMILES string of the molecule is N[C@H](C(=O)Nc1cncc(F)c1CC[C@@H]1CN[C@@H](CN(Cc2cc3ccccc3cn2)C(=O)O)CO1)C(c1ccc(F)cc1)c1ccc(F)cc1. The van der Waals surface area contributed by atoms with Crippen LogP contribution < -0.4 is 16.4 Å². The predicted molar refractivity (Wildman–Crippen MR) is 185 cm³/mol. The summed E-state index contributed by atoms with van der Waals surface area (Å²) in [6, 6.07) is 19.2. The van der Waals surface area contributed by atoms with Crippen LogP contribution >= 0.6 is 0 Å². The number of ether oxygens (including phenoxy) is 1. The van der Waals surface area contributed by atoms with E-state index in [0.29, 0.717) is 29.8 Å². The number of halogens is 3. The van der Waals surface area contributed by atoms with E-state index in [1.165, 1.54) is 59.6 Å². The molecule has 0 radical (unpaired) electrons. The third-order valence-corrected chi connectivity index (χ3v) is 9.02. The highest BCUT2D eigenvalue weighted by atomic mass is 19.1. The van der Waals surface area contributed by atoms with Gasteiger partial charge in [-0.25, -0.2) is 18.0 Å². The molecule has 0 saturated carbocycles. The Labute approximate surface area is 292 Å². The van der Waals surface area contributed by atoms with Crippen molar-refractivity contribution in [3.05, 3.63) is 137 Å². The maximum absolute atomic E-state index is 15.1. The Balaban J connectivity index is 1.06. The number of nitrogens with one attached hydrogen (secondary N) is 2. The molecule has 3 aromatic carbocycles. The molecule has 0 unspecified atom stereocenters. The minimum Gasteiger partial charge on any atom is -0.465 e. The average molecular weight is 699 g/mol. The second-order valence-electron chi connectivity index (χ2n) is 12.5. The molecule has 0 aliphatic carbocycles. The number of hydrogen-bond acceptors (Lipinski definition) is 7. The monoisotopic (exact) mass is 698 g/mol. The highest BCUT2D eigenvalue weighted by molar-refractivity contribution is 5.96. The summed E-state index contributed by atoms with van der Waals surface area (Å²) in [7, 11) is 0. The van der Waals surface area contributed by atoms with Crippen LogP contribution in [0.3, 0.4) is 0 Å². The molecule has 6 rings (SSSR count). The van der Waals surface area contributed by atoms with E-state index in [1.54, 1.807) is 6.20 Å². The van der Waals surface area contributed by atoms with Crippen molar-refractivity contribution in [2.45, 2.75) is 43.5 Å². The number of nitrogens with two attached hydrogens (primary N) is 1. The summed E-state index contributed by atoms with van der Waals surface area (Å²) in [6.07, 6.45) is 3.35. The van der Waals surface area contributed by atoms with Gasteiger partial charge in [0.2, 0.25) is 5.91 Å². The second kappa shape index (κ2) is 16.1. The summed E-state index contributed by atoms with van der Waals surface area (Å²) in [5.74, 6) is -2.94. The molecule has 1 fully saturated rings. The zero-order chi connectivity index (χ0) is 35.9. The normalized spacial score (nSPS) is 16.6. The molecule has 0 bridgehead atoms. The molecule has 1 saturated heterocycles. The quantitative estimate of drug-likeness (QED) is 0.132. The Morgan fingerprint density at radius 3 is 2.25 bits per heavy atom. The lowest BCUT2D eigenvalue weighted by atomic mass is 9.85. The number of carbonyl (C=O) groups is 2. The van der Waals surface area contributed by atoms with Crippen molar-refractivity contribution in [1.82, 2.24) is 20.2 Å². The Morgan fingerprint density at radius 2 is 1.63 bits per heavy atom. The zero-order valence-electron chi connectivity index (χ0n) is 27.5. The van der Waals surface area contributed by atoms with Crippen molar-refractivity contribution in [3.8, 4) is 0 Å².